The standard InChI is InChI=1S/C8H12ClO5P/c9-5-6-13-7-3-1-2-4-8(7)14-15(10,11)12/h1-4,10-12,15H,5-6H2. The Balaban J connectivity index is 2.77. The van der Waals surface area contributed by atoms with Crippen molar-refractivity contribution in [2.75, 3.05) is 12.5 Å². The van der Waals surface area contributed by atoms with E-state index >= 15 is 0 Å². The number of hydrogen-bond acceptors (Lipinski definition) is 5. The van der Waals surface area contributed by atoms with E-state index in [1.165, 1.54) is 6.07 Å². The van der Waals surface area contributed by atoms with Crippen molar-refractivity contribution in [2.24, 2.45) is 0 Å². The molecule has 0 heterocycles. The molecule has 0 radical (unpaired) electrons. The van der Waals surface area contributed by atoms with Crippen molar-refractivity contribution in [1.82, 2.24) is 0 Å². The first-order valence-corrected chi connectivity index (χ1v) is 6.45. The molecule has 0 bridgehead atoms. The maximum absolute atomic E-state index is 8.77. The molecule has 0 amide bonds. The SMILES string of the molecule is O[PH](O)(O)Oc1ccccc1OCCCl. The van der Waals surface area contributed by atoms with Gasteiger partial charge in [-0.15, -0.1) is 0 Å². The van der Waals surface area contributed by atoms with Crippen molar-refractivity contribution in [1.29, 1.82) is 0 Å². The summed E-state index contributed by atoms with van der Waals surface area (Å²) < 4.78 is 9.73. The van der Waals surface area contributed by atoms with Crippen LogP contribution in [0.4, 0.5) is 0 Å². The molecule has 7 heteroatoms. The zero-order valence-corrected chi connectivity index (χ0v) is 9.52. The van der Waals surface area contributed by atoms with Crippen LogP contribution in [-0.4, -0.2) is 27.2 Å². The van der Waals surface area contributed by atoms with Crippen LogP contribution in [-0.2, 0) is 0 Å². The summed E-state index contributed by atoms with van der Waals surface area (Å²) in [6, 6.07) is 6.32. The fraction of sp³-hybridized carbons (Fsp3) is 0.250. The van der Waals surface area contributed by atoms with Crippen LogP contribution in [0.15, 0.2) is 24.3 Å². The molecule has 0 fully saturated rings. The van der Waals surface area contributed by atoms with E-state index in [-0.39, 0.29) is 12.4 Å². The van der Waals surface area contributed by atoms with Crippen LogP contribution in [0, 0.1) is 0 Å². The van der Waals surface area contributed by atoms with Gasteiger partial charge in [-0.1, -0.05) is 0 Å². The minimum absolute atomic E-state index is 0.0711. The third-order valence-electron chi connectivity index (χ3n) is 1.43. The number of ether oxygens (including phenoxy) is 1. The van der Waals surface area contributed by atoms with Gasteiger partial charge in [-0.05, 0) is 0 Å². The fourth-order valence-corrected chi connectivity index (χ4v) is 1.49. The average molecular weight is 255 g/mol. The quantitative estimate of drug-likeness (QED) is 0.541. The Hall–Kier alpha value is -0.580. The molecule has 1 rings (SSSR count). The third-order valence-corrected chi connectivity index (χ3v) is 2.08. The molecule has 0 saturated carbocycles. The van der Waals surface area contributed by atoms with Gasteiger partial charge in [-0.2, -0.15) is 0 Å². The van der Waals surface area contributed by atoms with Crippen LogP contribution in [0.5, 0.6) is 11.5 Å². The van der Waals surface area contributed by atoms with Gasteiger partial charge in [0.25, 0.3) is 0 Å². The molecule has 0 atom stereocenters. The molecular weight excluding hydrogens is 243 g/mol. The van der Waals surface area contributed by atoms with Gasteiger partial charge in [0.15, 0.2) is 0 Å². The first kappa shape index (κ1) is 12.5. The van der Waals surface area contributed by atoms with Crippen molar-refractivity contribution in [2.45, 2.75) is 0 Å². The molecule has 0 spiro atoms. The minimum atomic E-state index is -4.58. The summed E-state index contributed by atoms with van der Waals surface area (Å²) in [4.78, 5) is 26.3. The van der Waals surface area contributed by atoms with Crippen LogP contribution < -0.4 is 9.26 Å². The molecule has 0 aliphatic rings. The Morgan fingerprint density at radius 2 is 1.73 bits per heavy atom. The molecular formula is C8H12ClO5P. The second-order valence-corrected chi connectivity index (χ2v) is 4.39. The Labute approximate surface area is 92.5 Å². The van der Waals surface area contributed by atoms with E-state index in [2.05, 4.69) is 4.52 Å². The average Bonchev–Trinajstić information content (AvgIpc) is 2.14. The van der Waals surface area contributed by atoms with E-state index in [0.29, 0.717) is 11.6 Å². The van der Waals surface area contributed by atoms with Crippen molar-refractivity contribution in [3.05, 3.63) is 24.3 Å². The van der Waals surface area contributed by atoms with Crippen molar-refractivity contribution in [3.63, 3.8) is 0 Å². The molecule has 5 nitrogen and oxygen atoms in total. The van der Waals surface area contributed by atoms with E-state index in [9.17, 15) is 0 Å². The van der Waals surface area contributed by atoms with Gasteiger partial charge >= 0.3 is 92.0 Å². The molecule has 3 N–H and O–H groups in total. The molecule has 86 valence electrons. The number of benzene rings is 1. The van der Waals surface area contributed by atoms with Gasteiger partial charge < -0.3 is 0 Å². The predicted octanol–water partition coefficient (Wildman–Crippen LogP) is 1.07. The van der Waals surface area contributed by atoms with Crippen LogP contribution in [0.2, 0.25) is 0 Å². The number of alkyl halides is 1. The summed E-state index contributed by atoms with van der Waals surface area (Å²) in [6.45, 7) is 0.263. The molecule has 1 aromatic carbocycles. The van der Waals surface area contributed by atoms with Crippen molar-refractivity contribution >= 4 is 19.8 Å². The molecule has 0 aromatic heterocycles. The zero-order valence-electron chi connectivity index (χ0n) is 7.76. The van der Waals surface area contributed by atoms with Gasteiger partial charge in [0.2, 0.25) is 0 Å². The monoisotopic (exact) mass is 254 g/mol. The van der Waals surface area contributed by atoms with E-state index in [1.54, 1.807) is 18.2 Å². The molecule has 1 aromatic rings. The van der Waals surface area contributed by atoms with Gasteiger partial charge in [-0.3, -0.25) is 0 Å². The Morgan fingerprint density at radius 3 is 2.27 bits per heavy atom. The number of rotatable bonds is 5. The second-order valence-electron chi connectivity index (χ2n) is 2.66. The molecule has 0 aliphatic heterocycles. The first-order valence-electron chi connectivity index (χ1n) is 4.17. The van der Waals surface area contributed by atoms with Gasteiger partial charge in [0.1, 0.15) is 0 Å². The summed E-state index contributed by atoms with van der Waals surface area (Å²) in [6.07, 6.45) is 0. The number of hydrogen-bond donors (Lipinski definition) is 3. The van der Waals surface area contributed by atoms with Crippen molar-refractivity contribution < 1.29 is 23.9 Å². The predicted molar refractivity (Wildman–Crippen MR) is 58.3 cm³/mol. The summed E-state index contributed by atoms with van der Waals surface area (Å²) >= 11 is 5.43. The van der Waals surface area contributed by atoms with Crippen LogP contribution in [0.3, 0.4) is 0 Å². The van der Waals surface area contributed by atoms with E-state index in [1.807, 2.05) is 0 Å². The van der Waals surface area contributed by atoms with Gasteiger partial charge in [-0.25, -0.2) is 0 Å². The molecule has 0 unspecified atom stereocenters. The van der Waals surface area contributed by atoms with Gasteiger partial charge in [0, 0.05) is 0 Å². The number of para-hydroxylation sites is 2. The zero-order chi connectivity index (χ0) is 11.3. The topological polar surface area (TPSA) is 79.2 Å². The summed E-state index contributed by atoms with van der Waals surface area (Å²) in [5, 5.41) is 0. The molecule has 0 saturated heterocycles. The van der Waals surface area contributed by atoms with Crippen LogP contribution >= 0.6 is 19.8 Å². The second kappa shape index (κ2) is 5.49. The normalized spacial score (nSPS) is 12.3. The van der Waals surface area contributed by atoms with E-state index < -0.39 is 8.17 Å². The summed E-state index contributed by atoms with van der Waals surface area (Å²) in [5.41, 5.74) is 0. The van der Waals surface area contributed by atoms with E-state index in [0.717, 1.165) is 0 Å². The third kappa shape index (κ3) is 4.64. The van der Waals surface area contributed by atoms with Crippen molar-refractivity contribution in [3.8, 4) is 11.5 Å². The van der Waals surface area contributed by atoms with Gasteiger partial charge in [0.05, 0.1) is 0 Å². The fourth-order valence-electron chi connectivity index (χ4n) is 0.950. The van der Waals surface area contributed by atoms with Crippen LogP contribution in [0.25, 0.3) is 0 Å². The van der Waals surface area contributed by atoms with Crippen LogP contribution in [0.1, 0.15) is 0 Å². The molecule has 15 heavy (non-hydrogen) atoms. The van der Waals surface area contributed by atoms with E-state index in [4.69, 9.17) is 31.0 Å². The first-order chi connectivity index (χ1) is 7.03. The maximum atomic E-state index is 8.77. The Bertz CT molecular complexity index is 314. The summed E-state index contributed by atoms with van der Waals surface area (Å²) in [7, 11) is -4.58. The Kier molecular flexibility index (Phi) is 4.57. The summed E-state index contributed by atoms with van der Waals surface area (Å²) in [5.74, 6) is 0.669. The molecule has 0 aliphatic carbocycles. The Morgan fingerprint density at radius 1 is 1.13 bits per heavy atom. The number of halogens is 1.